The third-order valence-corrected chi connectivity index (χ3v) is 5.09. The minimum Gasteiger partial charge on any atom is -0.493 e. The van der Waals surface area contributed by atoms with Crippen molar-refractivity contribution in [2.75, 3.05) is 7.11 Å². The Balaban J connectivity index is 1.71. The molecule has 0 heterocycles. The van der Waals surface area contributed by atoms with Gasteiger partial charge in [-0.15, -0.1) is 0 Å². The second-order valence-electron chi connectivity index (χ2n) is 6.30. The topological polar surface area (TPSA) is 83.7 Å². The number of methoxy groups -OCH3 is 1. The van der Waals surface area contributed by atoms with Crippen LogP contribution in [0.5, 0.6) is 11.5 Å². The van der Waals surface area contributed by atoms with E-state index in [1.807, 2.05) is 12.1 Å². The minimum atomic E-state index is -0.352. The first-order valence-electron chi connectivity index (χ1n) is 9.09. The van der Waals surface area contributed by atoms with Gasteiger partial charge in [-0.3, -0.25) is 4.79 Å². The summed E-state index contributed by atoms with van der Waals surface area (Å²) < 4.78 is 12.0. The minimum absolute atomic E-state index is 0.212. The molecule has 0 spiro atoms. The Hall–Kier alpha value is -3.34. The fourth-order valence-corrected chi connectivity index (χ4v) is 3.39. The molecule has 1 amide bonds. The summed E-state index contributed by atoms with van der Waals surface area (Å²) in [6.45, 7) is 0.212. The van der Waals surface area contributed by atoms with Crippen molar-refractivity contribution in [1.82, 2.24) is 5.43 Å². The fourth-order valence-electron chi connectivity index (χ4n) is 2.69. The van der Waals surface area contributed by atoms with E-state index >= 15 is 0 Å². The quantitative estimate of drug-likeness (QED) is 0.353. The number of carbonyl (C=O) groups excluding carboxylic acids is 1. The van der Waals surface area contributed by atoms with Crippen LogP contribution in [-0.2, 0) is 6.61 Å². The van der Waals surface area contributed by atoms with Crippen LogP contribution in [0, 0.1) is 11.3 Å². The predicted molar refractivity (Wildman–Crippen MR) is 123 cm³/mol. The zero-order valence-corrected chi connectivity index (χ0v) is 18.8. The van der Waals surface area contributed by atoms with Crippen LogP contribution in [-0.4, -0.2) is 19.2 Å². The maximum atomic E-state index is 12.1. The monoisotopic (exact) mass is 497 g/mol. The van der Waals surface area contributed by atoms with Crippen molar-refractivity contribution in [1.29, 1.82) is 5.26 Å². The summed E-state index contributed by atoms with van der Waals surface area (Å²) in [5.74, 6) is 0.627. The second-order valence-corrected chi connectivity index (χ2v) is 7.59. The number of ether oxygens (including phenoxy) is 2. The van der Waals surface area contributed by atoms with Crippen LogP contribution in [0.1, 0.15) is 27.0 Å². The molecule has 0 saturated carbocycles. The van der Waals surface area contributed by atoms with Crippen molar-refractivity contribution in [3.63, 3.8) is 0 Å². The molecule has 0 aromatic heterocycles. The van der Waals surface area contributed by atoms with E-state index in [1.54, 1.807) is 48.5 Å². The molecule has 0 aliphatic rings. The van der Waals surface area contributed by atoms with Crippen LogP contribution < -0.4 is 14.9 Å². The Morgan fingerprint density at radius 3 is 2.68 bits per heavy atom. The summed E-state index contributed by atoms with van der Waals surface area (Å²) >= 11 is 9.31. The smallest absolute Gasteiger partial charge is 0.271 e. The average molecular weight is 499 g/mol. The van der Waals surface area contributed by atoms with Crippen molar-refractivity contribution in [3.8, 4) is 17.6 Å². The van der Waals surface area contributed by atoms with E-state index in [-0.39, 0.29) is 12.5 Å². The highest BCUT2D eigenvalue weighted by Gasteiger charge is 2.13. The maximum absolute atomic E-state index is 12.1. The summed E-state index contributed by atoms with van der Waals surface area (Å²) in [6.07, 6.45) is 1.50. The van der Waals surface area contributed by atoms with Crippen molar-refractivity contribution >= 4 is 39.7 Å². The number of amides is 1. The molecule has 0 radical (unpaired) electrons. The number of nitrogens with zero attached hydrogens (tertiary/aromatic N) is 2. The summed E-state index contributed by atoms with van der Waals surface area (Å²) in [4.78, 5) is 12.1. The van der Waals surface area contributed by atoms with Gasteiger partial charge in [0.15, 0.2) is 11.5 Å². The van der Waals surface area contributed by atoms with Crippen molar-refractivity contribution < 1.29 is 14.3 Å². The van der Waals surface area contributed by atoms with Crippen LogP contribution in [0.2, 0.25) is 5.02 Å². The largest absolute Gasteiger partial charge is 0.493 e. The molecule has 0 aliphatic heterocycles. The van der Waals surface area contributed by atoms with E-state index in [9.17, 15) is 10.1 Å². The van der Waals surface area contributed by atoms with E-state index in [2.05, 4.69) is 32.5 Å². The van der Waals surface area contributed by atoms with Gasteiger partial charge in [0, 0.05) is 16.1 Å². The van der Waals surface area contributed by atoms with Crippen LogP contribution in [0.4, 0.5) is 0 Å². The van der Waals surface area contributed by atoms with E-state index in [0.717, 1.165) is 5.56 Å². The number of halogens is 2. The molecule has 3 rings (SSSR count). The molecule has 3 aromatic rings. The predicted octanol–water partition coefficient (Wildman–Crippen LogP) is 5.33. The first-order chi connectivity index (χ1) is 15.0. The Labute approximate surface area is 193 Å². The van der Waals surface area contributed by atoms with Crippen LogP contribution in [0.3, 0.4) is 0 Å². The molecule has 31 heavy (non-hydrogen) atoms. The highest BCUT2D eigenvalue weighted by molar-refractivity contribution is 9.10. The number of carbonyl (C=O) groups is 1. The summed E-state index contributed by atoms with van der Waals surface area (Å²) in [5.41, 5.74) is 4.92. The standard InChI is InChI=1S/C23H17BrClN3O3/c1-30-21-11-15(13-27-28-23(29)16-6-8-19(25)9-7-16)10-20(24)22(21)31-14-18-5-3-2-4-17(18)12-26/h2-11,13H,14H2,1H3,(H,28,29)/b27-13-. The number of benzene rings is 3. The third-order valence-electron chi connectivity index (χ3n) is 4.25. The molecule has 0 fully saturated rings. The number of nitrogens with one attached hydrogen (secondary N) is 1. The lowest BCUT2D eigenvalue weighted by molar-refractivity contribution is 0.0955. The van der Waals surface area contributed by atoms with Crippen LogP contribution in [0.25, 0.3) is 0 Å². The second kappa shape index (κ2) is 10.6. The third kappa shape index (κ3) is 5.85. The van der Waals surface area contributed by atoms with Gasteiger partial charge in [0.1, 0.15) is 6.61 Å². The highest BCUT2D eigenvalue weighted by atomic mass is 79.9. The van der Waals surface area contributed by atoms with Gasteiger partial charge in [-0.2, -0.15) is 10.4 Å². The number of rotatable bonds is 7. The van der Waals surface area contributed by atoms with Crippen LogP contribution in [0.15, 0.2) is 70.2 Å². The van der Waals surface area contributed by atoms with E-state index in [1.165, 1.54) is 13.3 Å². The summed E-state index contributed by atoms with van der Waals surface area (Å²) in [6, 6.07) is 19.4. The van der Waals surface area contributed by atoms with Gasteiger partial charge in [-0.05, 0) is 64.0 Å². The lowest BCUT2D eigenvalue weighted by atomic mass is 10.1. The first-order valence-corrected chi connectivity index (χ1v) is 10.3. The molecule has 156 valence electrons. The van der Waals surface area contributed by atoms with Gasteiger partial charge in [-0.1, -0.05) is 29.8 Å². The van der Waals surface area contributed by atoms with Gasteiger partial charge in [-0.25, -0.2) is 5.43 Å². The first kappa shape index (κ1) is 22.3. The van der Waals surface area contributed by atoms with Gasteiger partial charge in [0.25, 0.3) is 5.91 Å². The Morgan fingerprint density at radius 1 is 1.23 bits per heavy atom. The number of hydrazone groups is 1. The van der Waals surface area contributed by atoms with Gasteiger partial charge in [0.05, 0.1) is 29.4 Å². The fraction of sp³-hybridized carbons (Fsp3) is 0.0870. The highest BCUT2D eigenvalue weighted by Crippen LogP contribution is 2.37. The normalized spacial score (nSPS) is 10.5. The summed E-state index contributed by atoms with van der Waals surface area (Å²) in [5, 5.41) is 13.8. The Kier molecular flexibility index (Phi) is 7.65. The van der Waals surface area contributed by atoms with E-state index < -0.39 is 0 Å². The molecule has 0 unspecified atom stereocenters. The van der Waals surface area contributed by atoms with Crippen LogP contribution >= 0.6 is 27.5 Å². The maximum Gasteiger partial charge on any atom is 0.271 e. The Bertz CT molecular complexity index is 1160. The molecule has 0 bridgehead atoms. The lowest BCUT2D eigenvalue weighted by Gasteiger charge is -2.14. The molecular formula is C23H17BrClN3O3. The van der Waals surface area contributed by atoms with E-state index in [4.69, 9.17) is 21.1 Å². The SMILES string of the molecule is COc1cc(/C=N\NC(=O)c2ccc(Cl)cc2)cc(Br)c1OCc1ccccc1C#N. The molecule has 3 aromatic carbocycles. The van der Waals surface area contributed by atoms with Gasteiger partial charge >= 0.3 is 0 Å². The molecule has 1 N–H and O–H groups in total. The lowest BCUT2D eigenvalue weighted by Crippen LogP contribution is -2.17. The van der Waals surface area contributed by atoms with Gasteiger partial charge < -0.3 is 9.47 Å². The molecular weight excluding hydrogens is 482 g/mol. The average Bonchev–Trinajstić information content (AvgIpc) is 2.78. The molecule has 6 nitrogen and oxygen atoms in total. The molecule has 0 saturated heterocycles. The zero-order valence-electron chi connectivity index (χ0n) is 16.4. The van der Waals surface area contributed by atoms with Crippen molar-refractivity contribution in [2.24, 2.45) is 5.10 Å². The number of hydrogen-bond donors (Lipinski definition) is 1. The van der Waals surface area contributed by atoms with E-state index in [0.29, 0.717) is 37.7 Å². The zero-order chi connectivity index (χ0) is 22.2. The molecule has 0 aliphatic carbocycles. The van der Waals surface area contributed by atoms with Crippen molar-refractivity contribution in [3.05, 3.63) is 92.4 Å². The number of hydrogen-bond acceptors (Lipinski definition) is 5. The van der Waals surface area contributed by atoms with Gasteiger partial charge in [0.2, 0.25) is 0 Å². The Morgan fingerprint density at radius 2 is 1.97 bits per heavy atom. The molecule has 0 atom stereocenters. The van der Waals surface area contributed by atoms with Crippen molar-refractivity contribution in [2.45, 2.75) is 6.61 Å². The molecule has 8 heteroatoms. The summed E-state index contributed by atoms with van der Waals surface area (Å²) in [7, 11) is 1.53. The number of nitriles is 1.